The molecular weight excluding hydrogens is 364 g/mol. The van der Waals surface area contributed by atoms with Gasteiger partial charge in [0.05, 0.1) is 26.3 Å². The first-order chi connectivity index (χ1) is 14.0. The molecule has 0 aliphatic carbocycles. The SMILES string of the molecule is CCN1CCc2cc(OC)c(OC)cc2[C@H]1[C@H](NC(=O)c1ccccc1)C(C)C. The third-order valence-corrected chi connectivity index (χ3v) is 5.82. The first-order valence-electron chi connectivity index (χ1n) is 10.3. The second kappa shape index (κ2) is 9.31. The third-order valence-electron chi connectivity index (χ3n) is 5.82. The fourth-order valence-electron chi connectivity index (χ4n) is 4.24. The van der Waals surface area contributed by atoms with E-state index in [1.54, 1.807) is 14.2 Å². The number of ether oxygens (including phenoxy) is 2. The van der Waals surface area contributed by atoms with Crippen molar-refractivity contribution in [2.45, 2.75) is 39.3 Å². The number of likely N-dealkylation sites (N-methyl/N-ethyl adjacent to an activating group) is 1. The van der Waals surface area contributed by atoms with Crippen LogP contribution in [0.5, 0.6) is 11.5 Å². The summed E-state index contributed by atoms with van der Waals surface area (Å²) in [4.78, 5) is 15.4. The van der Waals surface area contributed by atoms with Crippen molar-refractivity contribution >= 4 is 5.91 Å². The van der Waals surface area contributed by atoms with Crippen molar-refractivity contribution in [1.29, 1.82) is 0 Å². The monoisotopic (exact) mass is 396 g/mol. The highest BCUT2D eigenvalue weighted by molar-refractivity contribution is 5.94. The van der Waals surface area contributed by atoms with Crippen molar-refractivity contribution in [1.82, 2.24) is 10.2 Å². The van der Waals surface area contributed by atoms with Gasteiger partial charge in [-0.3, -0.25) is 9.69 Å². The molecule has 156 valence electrons. The number of nitrogens with one attached hydrogen (secondary N) is 1. The molecule has 0 saturated carbocycles. The molecule has 0 spiro atoms. The lowest BCUT2D eigenvalue weighted by atomic mass is 9.83. The zero-order chi connectivity index (χ0) is 21.0. The Morgan fingerprint density at radius 2 is 1.79 bits per heavy atom. The van der Waals surface area contributed by atoms with Crippen LogP contribution in [0.25, 0.3) is 0 Å². The molecule has 29 heavy (non-hydrogen) atoms. The maximum Gasteiger partial charge on any atom is 0.251 e. The molecule has 1 heterocycles. The minimum absolute atomic E-state index is 0.0280. The highest BCUT2D eigenvalue weighted by Gasteiger charge is 2.36. The van der Waals surface area contributed by atoms with Gasteiger partial charge in [0.1, 0.15) is 0 Å². The molecule has 1 aliphatic rings. The van der Waals surface area contributed by atoms with Gasteiger partial charge in [-0.1, -0.05) is 39.0 Å². The van der Waals surface area contributed by atoms with Crippen molar-refractivity contribution in [3.05, 3.63) is 59.2 Å². The Labute approximate surface area is 174 Å². The number of hydrogen-bond acceptors (Lipinski definition) is 4. The average molecular weight is 397 g/mol. The van der Waals surface area contributed by atoms with Crippen LogP contribution in [0.1, 0.15) is 48.3 Å². The Morgan fingerprint density at radius 3 is 2.38 bits per heavy atom. The zero-order valence-electron chi connectivity index (χ0n) is 18.1. The van der Waals surface area contributed by atoms with Crippen molar-refractivity contribution in [3.63, 3.8) is 0 Å². The van der Waals surface area contributed by atoms with Crippen LogP contribution in [0, 0.1) is 5.92 Å². The molecule has 0 fully saturated rings. The molecule has 5 heteroatoms. The molecule has 2 aromatic rings. The molecule has 1 aliphatic heterocycles. The van der Waals surface area contributed by atoms with Crippen molar-refractivity contribution < 1.29 is 14.3 Å². The molecule has 2 atom stereocenters. The largest absolute Gasteiger partial charge is 0.493 e. The number of carbonyl (C=O) groups is 1. The number of rotatable bonds is 7. The van der Waals surface area contributed by atoms with Crippen LogP contribution in [-0.4, -0.2) is 44.2 Å². The molecule has 5 nitrogen and oxygen atoms in total. The first-order valence-corrected chi connectivity index (χ1v) is 10.3. The van der Waals surface area contributed by atoms with E-state index in [0.717, 1.165) is 31.0 Å². The summed E-state index contributed by atoms with van der Waals surface area (Å²) >= 11 is 0. The average Bonchev–Trinajstić information content (AvgIpc) is 2.75. The molecule has 0 saturated heterocycles. The van der Waals surface area contributed by atoms with E-state index in [1.807, 2.05) is 30.3 Å². The van der Waals surface area contributed by atoms with Crippen LogP contribution in [0.4, 0.5) is 0 Å². The smallest absolute Gasteiger partial charge is 0.251 e. The lowest BCUT2D eigenvalue weighted by molar-refractivity contribution is 0.0834. The van der Waals surface area contributed by atoms with Gasteiger partial charge in [0.2, 0.25) is 0 Å². The topological polar surface area (TPSA) is 50.8 Å². The van der Waals surface area contributed by atoms with E-state index < -0.39 is 0 Å². The molecular formula is C24H32N2O3. The van der Waals surface area contributed by atoms with E-state index in [-0.39, 0.29) is 23.9 Å². The van der Waals surface area contributed by atoms with Gasteiger partial charge in [-0.05, 0) is 54.3 Å². The number of fused-ring (bicyclic) bond motifs is 1. The van der Waals surface area contributed by atoms with E-state index in [0.29, 0.717) is 5.56 Å². The highest BCUT2D eigenvalue weighted by Crippen LogP contribution is 2.40. The molecule has 0 bridgehead atoms. The van der Waals surface area contributed by atoms with E-state index in [4.69, 9.17) is 9.47 Å². The van der Waals surface area contributed by atoms with E-state index in [2.05, 4.69) is 43.1 Å². The Morgan fingerprint density at radius 1 is 1.14 bits per heavy atom. The third kappa shape index (κ3) is 4.40. The number of nitrogens with zero attached hydrogens (tertiary/aromatic N) is 1. The predicted octanol–water partition coefficient (Wildman–Crippen LogP) is 4.08. The Kier molecular flexibility index (Phi) is 6.80. The molecule has 0 aromatic heterocycles. The quantitative estimate of drug-likeness (QED) is 0.766. The summed E-state index contributed by atoms with van der Waals surface area (Å²) < 4.78 is 11.1. The van der Waals surface area contributed by atoms with Crippen LogP contribution in [0.3, 0.4) is 0 Å². The minimum atomic E-state index is -0.0343. The molecule has 0 radical (unpaired) electrons. The lowest BCUT2D eigenvalue weighted by Gasteiger charge is -2.43. The number of carbonyl (C=O) groups excluding carboxylic acids is 1. The second-order valence-corrected chi connectivity index (χ2v) is 7.84. The zero-order valence-corrected chi connectivity index (χ0v) is 18.1. The van der Waals surface area contributed by atoms with E-state index >= 15 is 0 Å². The van der Waals surface area contributed by atoms with Gasteiger partial charge in [-0.2, -0.15) is 0 Å². The molecule has 1 amide bonds. The molecule has 1 N–H and O–H groups in total. The molecule has 3 rings (SSSR count). The number of benzene rings is 2. The Bertz CT molecular complexity index is 836. The summed E-state index contributed by atoms with van der Waals surface area (Å²) in [7, 11) is 3.33. The van der Waals surface area contributed by atoms with Gasteiger partial charge >= 0.3 is 0 Å². The lowest BCUT2D eigenvalue weighted by Crippen LogP contribution is -2.51. The fourth-order valence-corrected chi connectivity index (χ4v) is 4.24. The van der Waals surface area contributed by atoms with Gasteiger partial charge in [0.15, 0.2) is 11.5 Å². The normalized spacial score (nSPS) is 17.5. The summed E-state index contributed by atoms with van der Waals surface area (Å²) in [6.07, 6.45) is 0.956. The van der Waals surface area contributed by atoms with Gasteiger partial charge in [0, 0.05) is 12.1 Å². The van der Waals surface area contributed by atoms with Crippen molar-refractivity contribution in [2.24, 2.45) is 5.92 Å². The van der Waals surface area contributed by atoms with Crippen LogP contribution in [-0.2, 0) is 6.42 Å². The molecule has 2 aromatic carbocycles. The second-order valence-electron chi connectivity index (χ2n) is 7.84. The summed E-state index contributed by atoms with van der Waals surface area (Å²) in [5, 5.41) is 3.32. The van der Waals surface area contributed by atoms with Gasteiger partial charge in [-0.25, -0.2) is 0 Å². The maximum atomic E-state index is 13.0. The summed E-state index contributed by atoms with van der Waals surface area (Å²) in [5.41, 5.74) is 3.16. The first kappa shape index (κ1) is 21.2. The highest BCUT2D eigenvalue weighted by atomic mass is 16.5. The standard InChI is InChI=1S/C24H32N2O3/c1-6-26-13-12-18-14-20(28-4)21(29-5)15-19(18)23(26)22(16(2)3)25-24(27)17-10-8-7-9-11-17/h7-11,14-16,22-23H,6,12-13H2,1-5H3,(H,25,27)/t22-,23+/m1/s1. The van der Waals surface area contributed by atoms with Crippen molar-refractivity contribution in [3.8, 4) is 11.5 Å². The number of hydrogen-bond donors (Lipinski definition) is 1. The fraction of sp³-hybridized carbons (Fsp3) is 0.458. The van der Waals surface area contributed by atoms with Gasteiger partial charge < -0.3 is 14.8 Å². The predicted molar refractivity (Wildman–Crippen MR) is 116 cm³/mol. The van der Waals surface area contributed by atoms with Gasteiger partial charge in [-0.15, -0.1) is 0 Å². The summed E-state index contributed by atoms with van der Waals surface area (Å²) in [6.45, 7) is 8.38. The van der Waals surface area contributed by atoms with E-state index in [1.165, 1.54) is 11.1 Å². The van der Waals surface area contributed by atoms with Gasteiger partial charge in [0.25, 0.3) is 5.91 Å². The van der Waals surface area contributed by atoms with Crippen LogP contribution in [0.2, 0.25) is 0 Å². The van der Waals surface area contributed by atoms with Crippen molar-refractivity contribution in [2.75, 3.05) is 27.3 Å². The Balaban J connectivity index is 2.01. The van der Waals surface area contributed by atoms with Crippen LogP contribution < -0.4 is 14.8 Å². The van der Waals surface area contributed by atoms with E-state index in [9.17, 15) is 4.79 Å². The van der Waals surface area contributed by atoms with Crippen LogP contribution >= 0.6 is 0 Å². The summed E-state index contributed by atoms with van der Waals surface area (Å²) in [5.74, 6) is 1.71. The summed E-state index contributed by atoms with van der Waals surface area (Å²) in [6, 6.07) is 13.6. The number of methoxy groups -OCH3 is 2. The number of amides is 1. The Hall–Kier alpha value is -2.53. The van der Waals surface area contributed by atoms with Crippen LogP contribution in [0.15, 0.2) is 42.5 Å². The molecule has 0 unspecified atom stereocenters. The minimum Gasteiger partial charge on any atom is -0.493 e. The maximum absolute atomic E-state index is 13.0.